The number of alkyl halides is 3. The highest BCUT2D eigenvalue weighted by atomic mass is 35.6. The Balaban J connectivity index is 0.941. The van der Waals surface area contributed by atoms with E-state index in [0.29, 0.717) is 64.8 Å². The van der Waals surface area contributed by atoms with Crippen LogP contribution in [0.2, 0.25) is 0 Å². The fourth-order valence-corrected chi connectivity index (χ4v) is 7.17. The standard InChI is InChI=1S/C43H42Cl3N5O9/c1-49(42(54)60-25-43(44,45)46)12-5-7-26-15-29-21-47-34-19-38(36(56-3)17-32(34)40(52)50(29)23-26)58-13-6-14-59-39-20-35-33(18-37(39)57-4)41(53)51-24-28(16-30(51)22-48-35)27-8-10-31(55-2)11-9-27/h5,7-11,17-24,29-30H,6,12-16,25H2,1-4H3. The van der Waals surface area contributed by atoms with Crippen LogP contribution in [0.3, 0.4) is 0 Å². The zero-order chi connectivity index (χ0) is 42.6. The molecule has 0 N–H and O–H groups in total. The van der Waals surface area contributed by atoms with Crippen LogP contribution >= 0.6 is 34.8 Å². The lowest BCUT2D eigenvalue weighted by molar-refractivity contribution is 0.0809. The highest BCUT2D eigenvalue weighted by Gasteiger charge is 2.35. The van der Waals surface area contributed by atoms with E-state index in [9.17, 15) is 14.4 Å². The molecule has 0 spiro atoms. The maximum atomic E-state index is 13.8. The van der Waals surface area contributed by atoms with Crippen LogP contribution in [0.4, 0.5) is 16.2 Å². The summed E-state index contributed by atoms with van der Waals surface area (Å²) in [5, 5.41) is 0. The van der Waals surface area contributed by atoms with Crippen molar-refractivity contribution in [3.63, 3.8) is 0 Å². The maximum absolute atomic E-state index is 13.8. The lowest BCUT2D eigenvalue weighted by Gasteiger charge is -2.19. The third kappa shape index (κ3) is 9.51. The fourth-order valence-electron chi connectivity index (χ4n) is 7.01. The number of fused-ring (bicyclic) bond motifs is 4. The molecule has 4 aliphatic heterocycles. The Hall–Kier alpha value is -5.70. The number of hydrogen-bond donors (Lipinski definition) is 0. The van der Waals surface area contributed by atoms with Gasteiger partial charge in [0, 0.05) is 63.4 Å². The third-order valence-corrected chi connectivity index (χ3v) is 10.4. The number of methoxy groups -OCH3 is 3. The van der Waals surface area contributed by atoms with Crippen molar-refractivity contribution in [3.8, 4) is 28.7 Å². The SMILES string of the molecule is COc1ccc(C2=CN3C(=O)c4cc(OC)c(OCCCOc5cc6c(cc5OC)C(=O)N5C=C(C=CCN(C)C(=O)OCC(Cl)(Cl)Cl)CC5C=N6)cc4N=CC3C2)cc1. The van der Waals surface area contributed by atoms with Gasteiger partial charge in [0.05, 0.1) is 69.1 Å². The Kier molecular flexibility index (Phi) is 12.9. The van der Waals surface area contributed by atoms with Gasteiger partial charge in [-0.2, -0.15) is 0 Å². The van der Waals surface area contributed by atoms with E-state index in [-0.39, 0.29) is 50.3 Å². The zero-order valence-electron chi connectivity index (χ0n) is 33.2. The van der Waals surface area contributed by atoms with Crippen LogP contribution < -0.4 is 23.7 Å². The number of aliphatic imine (C=N–C) groups is 2. The minimum absolute atomic E-state index is 0.174. The van der Waals surface area contributed by atoms with Crippen LogP contribution in [0.25, 0.3) is 5.57 Å². The van der Waals surface area contributed by atoms with Gasteiger partial charge in [-0.15, -0.1) is 0 Å². The van der Waals surface area contributed by atoms with Crippen LogP contribution in [0, 0.1) is 0 Å². The molecule has 0 saturated heterocycles. The summed E-state index contributed by atoms with van der Waals surface area (Å²) < 4.78 is 32.0. The minimum Gasteiger partial charge on any atom is -0.497 e. The number of rotatable bonds is 14. The molecular weight excluding hydrogens is 837 g/mol. The second-order valence-corrected chi connectivity index (χ2v) is 16.7. The molecule has 0 fully saturated rings. The quantitative estimate of drug-likeness (QED) is 0.115. The number of nitrogens with zero attached hydrogens (tertiary/aromatic N) is 5. The number of allylic oxidation sites excluding steroid dienone is 1. The van der Waals surface area contributed by atoms with Gasteiger partial charge in [-0.3, -0.25) is 19.6 Å². The summed E-state index contributed by atoms with van der Waals surface area (Å²) in [6, 6.07) is 14.0. The normalized spacial score (nSPS) is 17.9. The molecule has 3 aromatic rings. The molecule has 7 rings (SSSR count). The summed E-state index contributed by atoms with van der Waals surface area (Å²) in [6.07, 6.45) is 11.8. The molecule has 0 radical (unpaired) electrons. The van der Waals surface area contributed by atoms with E-state index < -0.39 is 9.89 Å². The van der Waals surface area contributed by atoms with Gasteiger partial charge in [0.25, 0.3) is 11.8 Å². The summed E-state index contributed by atoms with van der Waals surface area (Å²) in [5.41, 5.74) is 4.67. The van der Waals surface area contributed by atoms with E-state index in [1.807, 2.05) is 36.5 Å². The number of amides is 3. The number of hydrogen-bond acceptors (Lipinski definition) is 11. The topological polar surface area (TPSA) is 141 Å². The third-order valence-electron chi connectivity index (χ3n) is 10.1. The van der Waals surface area contributed by atoms with Gasteiger partial charge < -0.3 is 43.1 Å². The van der Waals surface area contributed by atoms with E-state index in [2.05, 4.69) is 4.99 Å². The van der Waals surface area contributed by atoms with E-state index in [1.165, 1.54) is 19.1 Å². The summed E-state index contributed by atoms with van der Waals surface area (Å²) in [7, 11) is 6.22. The van der Waals surface area contributed by atoms with Crippen molar-refractivity contribution in [3.05, 3.63) is 95.3 Å². The van der Waals surface area contributed by atoms with Crippen LogP contribution in [0.5, 0.6) is 28.7 Å². The Morgan fingerprint density at radius 1 is 0.800 bits per heavy atom. The molecular formula is C43H42Cl3N5O9. The van der Waals surface area contributed by atoms with E-state index in [1.54, 1.807) is 72.9 Å². The van der Waals surface area contributed by atoms with Gasteiger partial charge in [-0.05, 0) is 47.4 Å². The first-order chi connectivity index (χ1) is 28.8. The molecule has 14 nitrogen and oxygen atoms in total. The van der Waals surface area contributed by atoms with Gasteiger partial charge in [0.15, 0.2) is 23.0 Å². The maximum Gasteiger partial charge on any atom is 0.409 e. The van der Waals surface area contributed by atoms with Gasteiger partial charge in [0.2, 0.25) is 3.79 Å². The highest BCUT2D eigenvalue weighted by molar-refractivity contribution is 6.67. The molecule has 4 aliphatic rings. The molecule has 0 saturated carbocycles. The highest BCUT2D eigenvalue weighted by Crippen LogP contribution is 2.41. The first-order valence-corrected chi connectivity index (χ1v) is 20.1. The number of carbonyl (C=O) groups is 3. The summed E-state index contributed by atoms with van der Waals surface area (Å²) in [4.78, 5) is 53.7. The molecule has 17 heteroatoms. The average molecular weight is 879 g/mol. The summed E-state index contributed by atoms with van der Waals surface area (Å²) in [6.45, 7) is 0.410. The van der Waals surface area contributed by atoms with Crippen LogP contribution in [0.15, 0.2) is 88.6 Å². The number of halogens is 3. The van der Waals surface area contributed by atoms with Crippen molar-refractivity contribution in [1.82, 2.24) is 14.7 Å². The van der Waals surface area contributed by atoms with Gasteiger partial charge in [-0.25, -0.2) is 4.79 Å². The van der Waals surface area contributed by atoms with E-state index in [0.717, 1.165) is 22.5 Å². The van der Waals surface area contributed by atoms with Crippen molar-refractivity contribution in [1.29, 1.82) is 0 Å². The Bertz CT molecular complexity index is 2310. The number of benzene rings is 3. The second kappa shape index (κ2) is 18.3. The molecule has 4 heterocycles. The first-order valence-electron chi connectivity index (χ1n) is 19.0. The molecule has 0 bridgehead atoms. The van der Waals surface area contributed by atoms with Crippen molar-refractivity contribution in [2.45, 2.75) is 35.1 Å². The van der Waals surface area contributed by atoms with Crippen LogP contribution in [-0.4, -0.2) is 116 Å². The van der Waals surface area contributed by atoms with Gasteiger partial charge in [-0.1, -0.05) is 59.1 Å². The van der Waals surface area contributed by atoms with E-state index in [4.69, 9.17) is 68.2 Å². The predicted octanol–water partition coefficient (Wildman–Crippen LogP) is 8.34. The fraction of sp³-hybridized carbons (Fsp3) is 0.326. The second-order valence-electron chi connectivity index (χ2n) is 14.2. The van der Waals surface area contributed by atoms with Crippen molar-refractivity contribution in [2.75, 3.05) is 54.7 Å². The first kappa shape index (κ1) is 42.4. The molecule has 3 amide bonds. The van der Waals surface area contributed by atoms with Crippen molar-refractivity contribution >= 4 is 82.1 Å². The number of carbonyl (C=O) groups excluding carboxylic acids is 3. The van der Waals surface area contributed by atoms with Gasteiger partial charge in [0.1, 0.15) is 12.4 Å². The van der Waals surface area contributed by atoms with Crippen molar-refractivity contribution < 1.29 is 42.8 Å². The summed E-state index contributed by atoms with van der Waals surface area (Å²) in [5.74, 6) is 2.03. The molecule has 2 unspecified atom stereocenters. The lowest BCUT2D eigenvalue weighted by Crippen LogP contribution is -2.32. The summed E-state index contributed by atoms with van der Waals surface area (Å²) >= 11 is 17.0. The average Bonchev–Trinajstić information content (AvgIpc) is 3.81. The Morgan fingerprint density at radius 3 is 1.92 bits per heavy atom. The number of likely N-dealkylation sites (N-methyl/N-ethyl adjacent to an activating group) is 1. The minimum atomic E-state index is -1.70. The van der Waals surface area contributed by atoms with Gasteiger partial charge >= 0.3 is 6.09 Å². The Morgan fingerprint density at radius 2 is 1.37 bits per heavy atom. The monoisotopic (exact) mass is 877 g/mol. The van der Waals surface area contributed by atoms with Crippen LogP contribution in [0.1, 0.15) is 45.5 Å². The Labute approximate surface area is 362 Å². The zero-order valence-corrected chi connectivity index (χ0v) is 35.5. The lowest BCUT2D eigenvalue weighted by atomic mass is 10.0. The molecule has 3 aromatic carbocycles. The smallest absolute Gasteiger partial charge is 0.409 e. The molecule has 60 heavy (non-hydrogen) atoms. The van der Waals surface area contributed by atoms with E-state index >= 15 is 0 Å². The van der Waals surface area contributed by atoms with Crippen molar-refractivity contribution in [2.24, 2.45) is 9.98 Å². The molecule has 2 atom stereocenters. The van der Waals surface area contributed by atoms with Crippen LogP contribution in [-0.2, 0) is 4.74 Å². The number of ether oxygens (including phenoxy) is 6. The predicted molar refractivity (Wildman–Crippen MR) is 230 cm³/mol. The molecule has 314 valence electrons. The largest absolute Gasteiger partial charge is 0.497 e. The molecule has 0 aliphatic carbocycles. The molecule has 0 aromatic heterocycles.